The van der Waals surface area contributed by atoms with Gasteiger partial charge < -0.3 is 24.6 Å². The van der Waals surface area contributed by atoms with Crippen LogP contribution >= 0.6 is 0 Å². The molecular weight excluding hydrogens is 334 g/mol. The van der Waals surface area contributed by atoms with Crippen molar-refractivity contribution in [2.45, 2.75) is 33.2 Å². The van der Waals surface area contributed by atoms with Crippen LogP contribution in [0.25, 0.3) is 0 Å². The largest absolute Gasteiger partial charge is 0.496 e. The van der Waals surface area contributed by atoms with Crippen LogP contribution in [0.5, 0.6) is 11.5 Å². The molecule has 0 bridgehead atoms. The van der Waals surface area contributed by atoms with Gasteiger partial charge in [0.15, 0.2) is 0 Å². The Hall–Kier alpha value is -2.44. The first kappa shape index (κ1) is 19.9. The molecule has 0 spiro atoms. The molecule has 7 heteroatoms. The highest BCUT2D eigenvalue weighted by molar-refractivity contribution is 5.97. The summed E-state index contributed by atoms with van der Waals surface area (Å²) in [4.78, 5) is 28.7. The van der Waals surface area contributed by atoms with E-state index in [2.05, 4.69) is 5.32 Å². The Morgan fingerprint density at radius 1 is 0.962 bits per heavy atom. The number of hydrogen-bond acceptors (Lipinski definition) is 4. The van der Waals surface area contributed by atoms with Crippen LogP contribution in [0.2, 0.25) is 0 Å². The standard InChI is InChI=1S/C19H29N3O4/c1-13-11-16(26-6)14(12-15(13)25-5)17(23)21-7-9-22(10-8-21)18(24)20-19(2,3)4/h11-12H,7-10H2,1-6H3,(H,20,24). The second-order valence-corrected chi connectivity index (χ2v) is 7.48. The lowest BCUT2D eigenvalue weighted by molar-refractivity contribution is 0.0657. The van der Waals surface area contributed by atoms with Crippen LogP contribution in [0.15, 0.2) is 12.1 Å². The number of nitrogens with zero attached hydrogens (tertiary/aromatic N) is 2. The Labute approximate surface area is 155 Å². The number of rotatable bonds is 3. The third-order valence-corrected chi connectivity index (χ3v) is 4.28. The minimum absolute atomic E-state index is 0.0980. The Bertz CT molecular complexity index is 674. The summed E-state index contributed by atoms with van der Waals surface area (Å²) in [5.74, 6) is 1.06. The number of ether oxygens (including phenoxy) is 2. The van der Waals surface area contributed by atoms with Crippen molar-refractivity contribution in [2.75, 3.05) is 40.4 Å². The zero-order valence-corrected chi connectivity index (χ0v) is 16.5. The maximum atomic E-state index is 12.9. The van der Waals surface area contributed by atoms with Crippen molar-refractivity contribution in [1.29, 1.82) is 0 Å². The van der Waals surface area contributed by atoms with Crippen LogP contribution in [0.1, 0.15) is 36.7 Å². The van der Waals surface area contributed by atoms with Crippen LogP contribution in [-0.2, 0) is 0 Å². The monoisotopic (exact) mass is 363 g/mol. The molecule has 1 saturated heterocycles. The first-order valence-corrected chi connectivity index (χ1v) is 8.75. The number of carbonyl (C=O) groups excluding carboxylic acids is 2. The molecule has 144 valence electrons. The molecule has 7 nitrogen and oxygen atoms in total. The number of piperazine rings is 1. The quantitative estimate of drug-likeness (QED) is 0.894. The van der Waals surface area contributed by atoms with Crippen LogP contribution < -0.4 is 14.8 Å². The van der Waals surface area contributed by atoms with Gasteiger partial charge in [0.25, 0.3) is 5.91 Å². The molecule has 3 amide bonds. The van der Waals surface area contributed by atoms with Gasteiger partial charge in [0, 0.05) is 31.7 Å². The molecule has 1 fully saturated rings. The van der Waals surface area contributed by atoms with Gasteiger partial charge in [-0.1, -0.05) is 0 Å². The highest BCUT2D eigenvalue weighted by atomic mass is 16.5. The van der Waals surface area contributed by atoms with Crippen LogP contribution in [-0.4, -0.2) is 67.7 Å². The van der Waals surface area contributed by atoms with Gasteiger partial charge in [0.2, 0.25) is 0 Å². The molecule has 0 radical (unpaired) electrons. The predicted molar refractivity (Wildman–Crippen MR) is 100 cm³/mol. The predicted octanol–water partition coefficient (Wildman–Crippen LogP) is 2.28. The van der Waals surface area contributed by atoms with Crippen LogP contribution in [0.4, 0.5) is 4.79 Å². The van der Waals surface area contributed by atoms with Gasteiger partial charge in [0.05, 0.1) is 19.8 Å². The summed E-state index contributed by atoms with van der Waals surface area (Å²) in [7, 11) is 3.13. The molecule has 1 aromatic rings. The maximum absolute atomic E-state index is 12.9. The smallest absolute Gasteiger partial charge is 0.317 e. The number of aryl methyl sites for hydroxylation is 1. The number of hydrogen-bond donors (Lipinski definition) is 1. The highest BCUT2D eigenvalue weighted by Crippen LogP contribution is 2.29. The molecule has 0 saturated carbocycles. The number of urea groups is 1. The first-order chi connectivity index (χ1) is 12.2. The third-order valence-electron chi connectivity index (χ3n) is 4.28. The second-order valence-electron chi connectivity index (χ2n) is 7.48. The van der Waals surface area contributed by atoms with E-state index in [1.165, 1.54) is 0 Å². The number of carbonyl (C=O) groups is 2. The summed E-state index contributed by atoms with van der Waals surface area (Å²) >= 11 is 0. The lowest BCUT2D eigenvalue weighted by Crippen LogP contribution is -2.56. The zero-order valence-electron chi connectivity index (χ0n) is 16.5. The highest BCUT2D eigenvalue weighted by Gasteiger charge is 2.28. The van der Waals surface area contributed by atoms with Crippen molar-refractivity contribution < 1.29 is 19.1 Å². The van der Waals surface area contributed by atoms with Gasteiger partial charge in [0.1, 0.15) is 11.5 Å². The Balaban J connectivity index is 2.08. The van der Waals surface area contributed by atoms with E-state index in [-0.39, 0.29) is 17.5 Å². The molecule has 1 aliphatic heterocycles. The van der Waals surface area contributed by atoms with E-state index in [1.807, 2.05) is 27.7 Å². The minimum Gasteiger partial charge on any atom is -0.496 e. The van der Waals surface area contributed by atoms with Gasteiger partial charge in [-0.15, -0.1) is 0 Å². The van der Waals surface area contributed by atoms with E-state index in [0.29, 0.717) is 43.2 Å². The molecule has 0 aliphatic carbocycles. The molecule has 1 aliphatic rings. The van der Waals surface area contributed by atoms with Crippen LogP contribution in [0, 0.1) is 6.92 Å². The van der Waals surface area contributed by atoms with E-state index in [9.17, 15) is 9.59 Å². The van der Waals surface area contributed by atoms with Gasteiger partial charge in [-0.25, -0.2) is 4.79 Å². The first-order valence-electron chi connectivity index (χ1n) is 8.75. The van der Waals surface area contributed by atoms with Crippen molar-refractivity contribution in [1.82, 2.24) is 15.1 Å². The molecular formula is C19H29N3O4. The van der Waals surface area contributed by atoms with E-state index in [4.69, 9.17) is 9.47 Å². The second kappa shape index (κ2) is 7.85. The van der Waals surface area contributed by atoms with Gasteiger partial charge in [-0.2, -0.15) is 0 Å². The lowest BCUT2D eigenvalue weighted by atomic mass is 10.1. The zero-order chi connectivity index (χ0) is 19.5. The van der Waals surface area contributed by atoms with E-state index < -0.39 is 0 Å². The van der Waals surface area contributed by atoms with Crippen molar-refractivity contribution in [3.05, 3.63) is 23.3 Å². The summed E-state index contributed by atoms with van der Waals surface area (Å²) in [6.07, 6.45) is 0. The normalized spacial score (nSPS) is 14.8. The summed E-state index contributed by atoms with van der Waals surface area (Å²) in [5, 5.41) is 2.95. The number of benzene rings is 1. The molecule has 0 atom stereocenters. The molecule has 2 rings (SSSR count). The van der Waals surface area contributed by atoms with E-state index in [1.54, 1.807) is 36.2 Å². The van der Waals surface area contributed by atoms with Gasteiger partial charge in [-0.3, -0.25) is 4.79 Å². The Kier molecular flexibility index (Phi) is 6.00. The van der Waals surface area contributed by atoms with Crippen molar-refractivity contribution >= 4 is 11.9 Å². The van der Waals surface area contributed by atoms with Crippen LogP contribution in [0.3, 0.4) is 0 Å². The summed E-state index contributed by atoms with van der Waals surface area (Å²) < 4.78 is 10.7. The maximum Gasteiger partial charge on any atom is 0.317 e. The molecule has 1 heterocycles. The lowest BCUT2D eigenvalue weighted by Gasteiger charge is -2.36. The summed E-state index contributed by atoms with van der Waals surface area (Å²) in [6.45, 7) is 9.71. The number of amides is 3. The fraction of sp³-hybridized carbons (Fsp3) is 0.579. The molecule has 26 heavy (non-hydrogen) atoms. The van der Waals surface area contributed by atoms with E-state index in [0.717, 1.165) is 5.56 Å². The van der Waals surface area contributed by atoms with Crippen molar-refractivity contribution in [3.63, 3.8) is 0 Å². The van der Waals surface area contributed by atoms with E-state index >= 15 is 0 Å². The fourth-order valence-electron chi connectivity index (χ4n) is 2.90. The third kappa shape index (κ3) is 4.59. The average molecular weight is 363 g/mol. The Morgan fingerprint density at radius 2 is 1.50 bits per heavy atom. The summed E-state index contributed by atoms with van der Waals surface area (Å²) in [6, 6.07) is 3.42. The molecule has 0 aromatic heterocycles. The van der Waals surface area contributed by atoms with Gasteiger partial charge in [-0.05, 0) is 45.4 Å². The van der Waals surface area contributed by atoms with Crippen molar-refractivity contribution in [3.8, 4) is 11.5 Å². The van der Waals surface area contributed by atoms with Crippen molar-refractivity contribution in [2.24, 2.45) is 0 Å². The van der Waals surface area contributed by atoms with Gasteiger partial charge >= 0.3 is 6.03 Å². The average Bonchev–Trinajstić information content (AvgIpc) is 2.59. The topological polar surface area (TPSA) is 71.1 Å². The SMILES string of the molecule is COc1cc(C(=O)N2CCN(C(=O)NC(C)(C)C)CC2)c(OC)cc1C. The molecule has 1 N–H and O–H groups in total. The fourth-order valence-corrected chi connectivity index (χ4v) is 2.90. The summed E-state index contributed by atoms with van der Waals surface area (Å²) in [5.41, 5.74) is 1.10. The Morgan fingerprint density at radius 3 is 2.00 bits per heavy atom. The minimum atomic E-state index is -0.282. The molecule has 1 aromatic carbocycles. The number of nitrogens with one attached hydrogen (secondary N) is 1. The number of methoxy groups -OCH3 is 2. The molecule has 0 unspecified atom stereocenters.